The van der Waals surface area contributed by atoms with Gasteiger partial charge in [-0.2, -0.15) is 0 Å². The average molecular weight is 500 g/mol. The van der Waals surface area contributed by atoms with Gasteiger partial charge in [0, 0.05) is 12.1 Å². The molecule has 3 aromatic carbocycles. The minimum Gasteiger partial charge on any atom is -0.497 e. The van der Waals surface area contributed by atoms with Gasteiger partial charge >= 0.3 is 0 Å². The van der Waals surface area contributed by atoms with Crippen LogP contribution in [0.3, 0.4) is 0 Å². The molecule has 0 aliphatic heterocycles. The van der Waals surface area contributed by atoms with Gasteiger partial charge in [-0.05, 0) is 67.4 Å². The minimum absolute atomic E-state index is 0.122. The zero-order valence-electron chi connectivity index (χ0n) is 21.8. The van der Waals surface area contributed by atoms with Crippen LogP contribution in [0.15, 0.2) is 77.6 Å². The number of aromatic nitrogens is 2. The Labute approximate surface area is 217 Å². The van der Waals surface area contributed by atoms with Gasteiger partial charge in [-0.15, -0.1) is 0 Å². The molecule has 4 aromatic rings. The number of hydrogen-bond acceptors (Lipinski definition) is 5. The van der Waals surface area contributed by atoms with E-state index in [1.54, 1.807) is 37.0 Å². The van der Waals surface area contributed by atoms with Crippen LogP contribution < -0.4 is 15.0 Å². The first-order chi connectivity index (χ1) is 18.0. The first-order valence-electron chi connectivity index (χ1n) is 12.6. The Hall–Kier alpha value is -4.13. The van der Waals surface area contributed by atoms with Gasteiger partial charge in [0.05, 0.1) is 36.9 Å². The van der Waals surface area contributed by atoms with Crippen LogP contribution in [0, 0.1) is 0 Å². The van der Waals surface area contributed by atoms with Gasteiger partial charge in [-0.3, -0.25) is 14.2 Å². The van der Waals surface area contributed by atoms with E-state index in [1.807, 2.05) is 66.4 Å². The maximum absolute atomic E-state index is 13.9. The van der Waals surface area contributed by atoms with Gasteiger partial charge < -0.3 is 14.4 Å². The Kier molecular flexibility index (Phi) is 8.23. The molecule has 0 radical (unpaired) electrons. The van der Waals surface area contributed by atoms with Crippen molar-refractivity contribution in [3.63, 3.8) is 0 Å². The van der Waals surface area contributed by atoms with Crippen molar-refractivity contribution in [2.24, 2.45) is 0 Å². The van der Waals surface area contributed by atoms with Crippen LogP contribution in [-0.2, 0) is 0 Å². The van der Waals surface area contributed by atoms with Gasteiger partial charge in [0.25, 0.3) is 11.5 Å². The lowest BCUT2D eigenvalue weighted by Gasteiger charge is -2.32. The van der Waals surface area contributed by atoms with Gasteiger partial charge in [-0.1, -0.05) is 38.5 Å². The van der Waals surface area contributed by atoms with Crippen molar-refractivity contribution in [3.05, 3.63) is 94.5 Å². The van der Waals surface area contributed by atoms with Gasteiger partial charge in [0.15, 0.2) is 0 Å². The minimum atomic E-state index is -0.426. The number of carbonyl (C=O) groups is 1. The Bertz CT molecular complexity index is 1430. The molecule has 1 atom stereocenters. The van der Waals surface area contributed by atoms with Crippen molar-refractivity contribution >= 4 is 16.8 Å². The fourth-order valence-corrected chi connectivity index (χ4v) is 4.55. The van der Waals surface area contributed by atoms with E-state index < -0.39 is 6.04 Å². The molecule has 0 unspecified atom stereocenters. The summed E-state index contributed by atoms with van der Waals surface area (Å²) in [5.41, 5.74) is 1.64. The Morgan fingerprint density at radius 2 is 1.68 bits per heavy atom. The topological polar surface area (TPSA) is 73.7 Å². The molecule has 0 N–H and O–H groups in total. The molecule has 7 heteroatoms. The molecule has 4 rings (SSSR count). The molecule has 0 aliphatic carbocycles. The number of para-hydroxylation sites is 1. The summed E-state index contributed by atoms with van der Waals surface area (Å²) < 4.78 is 12.3. The summed E-state index contributed by atoms with van der Waals surface area (Å²) >= 11 is 0. The lowest BCUT2D eigenvalue weighted by atomic mass is 10.1. The van der Waals surface area contributed by atoms with E-state index in [9.17, 15) is 9.59 Å². The van der Waals surface area contributed by atoms with Gasteiger partial charge in [0.1, 0.15) is 17.3 Å². The molecule has 37 heavy (non-hydrogen) atoms. The summed E-state index contributed by atoms with van der Waals surface area (Å²) in [6.45, 7) is 4.65. The molecule has 7 nitrogen and oxygen atoms in total. The highest BCUT2D eigenvalue weighted by atomic mass is 16.5. The number of methoxy groups -OCH3 is 2. The molecule has 0 bridgehead atoms. The Morgan fingerprint density at radius 3 is 2.35 bits per heavy atom. The van der Waals surface area contributed by atoms with Crippen LogP contribution in [-0.4, -0.2) is 41.1 Å². The number of hydrogen-bond donors (Lipinski definition) is 0. The second-order valence-corrected chi connectivity index (χ2v) is 8.83. The predicted molar refractivity (Wildman–Crippen MR) is 146 cm³/mol. The standard InChI is InChI=1S/C30H33N3O4/c1-5-7-19-32(29(34)21-11-10-12-24(20-21)37-4)27(6-2)28-31-26-14-9-8-13-25(26)30(35)33(28)22-15-17-23(36-3)18-16-22/h8-18,20,27H,5-7,19H2,1-4H3/t27-/m0/s1. The summed E-state index contributed by atoms with van der Waals surface area (Å²) in [4.78, 5) is 34.6. The molecule has 192 valence electrons. The van der Waals surface area contributed by atoms with Crippen LogP contribution in [0.25, 0.3) is 16.6 Å². The zero-order valence-corrected chi connectivity index (χ0v) is 21.8. The largest absolute Gasteiger partial charge is 0.497 e. The van der Waals surface area contributed by atoms with Gasteiger partial charge in [-0.25, -0.2) is 4.98 Å². The number of fused-ring (bicyclic) bond motifs is 1. The summed E-state index contributed by atoms with van der Waals surface area (Å²) in [5, 5.41) is 0.524. The van der Waals surface area contributed by atoms with E-state index in [0.29, 0.717) is 52.4 Å². The lowest BCUT2D eigenvalue weighted by molar-refractivity contribution is 0.0655. The molecular weight excluding hydrogens is 466 g/mol. The van der Waals surface area contributed by atoms with Crippen molar-refractivity contribution in [1.82, 2.24) is 14.5 Å². The van der Waals surface area contributed by atoms with Gasteiger partial charge in [0.2, 0.25) is 0 Å². The molecule has 0 saturated carbocycles. The van der Waals surface area contributed by atoms with E-state index in [4.69, 9.17) is 14.5 Å². The molecular formula is C30H33N3O4. The number of unbranched alkanes of at least 4 members (excludes halogenated alkanes) is 1. The molecule has 0 aliphatic rings. The van der Waals surface area contributed by atoms with Crippen LogP contribution in [0.5, 0.6) is 11.5 Å². The molecule has 0 fully saturated rings. The molecule has 1 aromatic heterocycles. The average Bonchev–Trinajstić information content (AvgIpc) is 2.95. The summed E-state index contributed by atoms with van der Waals surface area (Å²) in [6.07, 6.45) is 2.33. The van der Waals surface area contributed by atoms with Crippen LogP contribution in [0.4, 0.5) is 0 Å². The third-order valence-corrected chi connectivity index (χ3v) is 6.52. The monoisotopic (exact) mass is 499 g/mol. The fraction of sp³-hybridized carbons (Fsp3) is 0.300. The maximum Gasteiger partial charge on any atom is 0.266 e. The summed E-state index contributed by atoms with van der Waals surface area (Å²) in [5.74, 6) is 1.72. The molecule has 1 amide bonds. The van der Waals surface area contributed by atoms with E-state index in [0.717, 1.165) is 12.8 Å². The zero-order chi connectivity index (χ0) is 26.4. The first-order valence-corrected chi connectivity index (χ1v) is 12.6. The van der Waals surface area contributed by atoms with E-state index in [-0.39, 0.29) is 11.5 Å². The van der Waals surface area contributed by atoms with Crippen molar-refractivity contribution in [2.45, 2.75) is 39.2 Å². The predicted octanol–water partition coefficient (Wildman–Crippen LogP) is 5.80. The summed E-state index contributed by atoms with van der Waals surface area (Å²) in [6, 6.07) is 21.4. The second-order valence-electron chi connectivity index (χ2n) is 8.83. The van der Waals surface area contributed by atoms with E-state index >= 15 is 0 Å². The van der Waals surface area contributed by atoms with Crippen LogP contribution in [0.1, 0.15) is 55.3 Å². The Morgan fingerprint density at radius 1 is 0.946 bits per heavy atom. The Balaban J connectivity index is 1.92. The quantitative estimate of drug-likeness (QED) is 0.276. The highest BCUT2D eigenvalue weighted by Gasteiger charge is 2.29. The van der Waals surface area contributed by atoms with Crippen molar-refractivity contribution < 1.29 is 14.3 Å². The third-order valence-electron chi connectivity index (χ3n) is 6.52. The molecule has 1 heterocycles. The highest BCUT2D eigenvalue weighted by molar-refractivity contribution is 5.95. The SMILES string of the molecule is CCCCN(C(=O)c1cccc(OC)c1)[C@@H](CC)c1nc2ccccc2c(=O)n1-c1ccc(OC)cc1. The van der Waals surface area contributed by atoms with E-state index in [2.05, 4.69) is 6.92 Å². The highest BCUT2D eigenvalue weighted by Crippen LogP contribution is 2.29. The first kappa shape index (κ1) is 25.9. The number of carbonyl (C=O) groups excluding carboxylic acids is 1. The smallest absolute Gasteiger partial charge is 0.266 e. The second kappa shape index (κ2) is 11.7. The lowest BCUT2D eigenvalue weighted by Crippen LogP contribution is -2.39. The van der Waals surface area contributed by atoms with Crippen molar-refractivity contribution in [3.8, 4) is 17.2 Å². The van der Waals surface area contributed by atoms with Crippen LogP contribution >= 0.6 is 0 Å². The van der Waals surface area contributed by atoms with E-state index in [1.165, 1.54) is 0 Å². The number of benzene rings is 3. The maximum atomic E-state index is 13.9. The molecule has 0 saturated heterocycles. The van der Waals surface area contributed by atoms with Crippen LogP contribution in [0.2, 0.25) is 0 Å². The normalized spacial score (nSPS) is 11.8. The third kappa shape index (κ3) is 5.35. The number of nitrogens with zero attached hydrogens (tertiary/aromatic N) is 3. The number of rotatable bonds is 10. The van der Waals surface area contributed by atoms with Crippen molar-refractivity contribution in [2.75, 3.05) is 20.8 Å². The number of amides is 1. The fourth-order valence-electron chi connectivity index (χ4n) is 4.55. The summed E-state index contributed by atoms with van der Waals surface area (Å²) in [7, 11) is 3.19. The van der Waals surface area contributed by atoms with Crippen molar-refractivity contribution in [1.29, 1.82) is 0 Å². The number of ether oxygens (including phenoxy) is 2. The molecule has 0 spiro atoms.